The first kappa shape index (κ1) is 29.3. The van der Waals surface area contributed by atoms with Crippen molar-refractivity contribution in [1.29, 1.82) is 0 Å². The minimum Gasteiger partial charge on any atom is -0.665 e. The fourth-order valence-electron chi connectivity index (χ4n) is 0.0722. The number of amides is 2. The van der Waals surface area contributed by atoms with Gasteiger partial charge in [0.25, 0.3) is 0 Å². The molecule has 0 saturated heterocycles. The summed E-state index contributed by atoms with van der Waals surface area (Å²) in [5.74, 6) is 0. The number of carbonyl (C=O) groups excluding carboxylic acids is 2. The molecule has 0 aromatic carbocycles. The molecule has 0 aliphatic rings. The minimum atomic E-state index is 0. The third-order valence-corrected chi connectivity index (χ3v) is 0.351. The first-order valence-electron chi connectivity index (χ1n) is 3.32. The van der Waals surface area contributed by atoms with E-state index < -0.39 is 0 Å². The van der Waals surface area contributed by atoms with Crippen LogP contribution in [-0.2, 0) is 40.2 Å². The van der Waals surface area contributed by atoms with Crippen molar-refractivity contribution in [3.63, 3.8) is 0 Å². The van der Waals surface area contributed by atoms with Gasteiger partial charge >= 0.3 is 0 Å². The molecule has 0 radical (unpaired) electrons. The van der Waals surface area contributed by atoms with Gasteiger partial charge in [0.1, 0.15) is 0 Å². The molecule has 0 rings (SSSR count). The molecule has 16 heavy (non-hydrogen) atoms. The summed E-state index contributed by atoms with van der Waals surface area (Å²) in [6, 6.07) is 0. The van der Waals surface area contributed by atoms with Crippen molar-refractivity contribution >= 4 is 25.8 Å². The van der Waals surface area contributed by atoms with Crippen LogP contribution in [0, 0.1) is 0 Å². The number of hydrogen-bond donors (Lipinski definition) is 4. The first-order valence-corrected chi connectivity index (χ1v) is 3.32. The number of rotatable bonds is 3. The molecule has 0 aliphatic heterocycles. The van der Waals surface area contributed by atoms with Crippen LogP contribution in [0.1, 0.15) is 6.92 Å². The van der Waals surface area contributed by atoms with Gasteiger partial charge in [0.15, 0.2) is 0 Å². The maximum Gasteiger partial charge on any atom is 0 e. The Bertz CT molecular complexity index is 130. The van der Waals surface area contributed by atoms with E-state index in [1.807, 2.05) is 6.92 Å². The van der Waals surface area contributed by atoms with Gasteiger partial charge in [-0.25, -0.2) is 0 Å². The summed E-state index contributed by atoms with van der Waals surface area (Å²) in [7, 11) is 1.51. The van der Waals surface area contributed by atoms with Crippen molar-refractivity contribution in [3.05, 3.63) is 0 Å². The average Bonchev–Trinajstić information content (AvgIpc) is 2.22. The summed E-state index contributed by atoms with van der Waals surface area (Å²) in [5.41, 5.74) is 0. The molecule has 0 atom stereocenters. The molecule has 0 aliphatic carbocycles. The Morgan fingerprint density at radius 1 is 1.00 bits per heavy atom. The summed E-state index contributed by atoms with van der Waals surface area (Å²) >= 11 is 0. The molecule has 8 nitrogen and oxygen atoms in total. The van der Waals surface area contributed by atoms with Crippen LogP contribution in [0.2, 0.25) is 0 Å². The molecule has 0 unspecified atom stereocenters. The van der Waals surface area contributed by atoms with Gasteiger partial charge in [-0.15, -0.1) is 0 Å². The van der Waals surface area contributed by atoms with Crippen molar-refractivity contribution in [1.82, 2.24) is 10.6 Å². The molecular weight excluding hydrogens is 392 g/mol. The average molecular weight is 404 g/mol. The summed E-state index contributed by atoms with van der Waals surface area (Å²) < 4.78 is 0. The van der Waals surface area contributed by atoms with Crippen molar-refractivity contribution in [2.24, 2.45) is 0 Å². The molecule has 0 aromatic heterocycles. The van der Waals surface area contributed by atoms with Crippen molar-refractivity contribution in [2.45, 2.75) is 6.92 Å². The van der Waals surface area contributed by atoms with E-state index in [2.05, 4.69) is 10.6 Å². The molecule has 2 amide bonds. The zero-order chi connectivity index (χ0) is 12.9. The van der Waals surface area contributed by atoms with E-state index in [9.17, 15) is 0 Å². The Labute approximate surface area is 108 Å². The van der Waals surface area contributed by atoms with E-state index in [0.717, 1.165) is 0 Å². The number of nitrogens with one attached hydrogen (secondary N) is 2. The second-order valence-electron chi connectivity index (χ2n) is 1.17. The van der Waals surface area contributed by atoms with Gasteiger partial charge in [0.2, 0.25) is 0 Å². The fourth-order valence-corrected chi connectivity index (χ4v) is 0.0722. The minimum absolute atomic E-state index is 0. The second-order valence-corrected chi connectivity index (χ2v) is 1.17. The Morgan fingerprint density at radius 2 is 1.25 bits per heavy atom. The van der Waals surface area contributed by atoms with Gasteiger partial charge in [0.05, 0.1) is 0 Å². The topological polar surface area (TPSA) is 133 Å². The molecule has 0 aromatic rings. The second kappa shape index (κ2) is 69.1. The van der Waals surface area contributed by atoms with Crippen LogP contribution in [0.4, 0.5) is 0 Å². The third kappa shape index (κ3) is 684. The van der Waals surface area contributed by atoms with Crippen LogP contribution < -0.4 is 10.6 Å². The Morgan fingerprint density at radius 3 is 1.25 bits per heavy atom. The van der Waals surface area contributed by atoms with Gasteiger partial charge in [0, 0.05) is 21.1 Å². The van der Waals surface area contributed by atoms with Gasteiger partial charge in [-0.2, -0.15) is 12.8 Å². The molecule has 0 heterocycles. The standard InChI is InChI=1S/C3H6NO.C2H4NO.2CHO2.W/c1-2-4-3-5;1-3-2-4;2*2-1-3;/h2H2,1H3,(H,4,5);1H3,(H,3,4);2*(H,2,3);/q4*-1;. The van der Waals surface area contributed by atoms with Crippen molar-refractivity contribution in [2.75, 3.05) is 13.6 Å². The van der Waals surface area contributed by atoms with E-state index in [0.29, 0.717) is 19.5 Å². The van der Waals surface area contributed by atoms with E-state index in [1.165, 1.54) is 19.9 Å². The summed E-state index contributed by atoms with van der Waals surface area (Å²) in [6.45, 7) is 3.51. The number of aliphatic hydroxyl groups excluding tert-OH is 2. The van der Waals surface area contributed by atoms with Gasteiger partial charge in [-0.1, -0.05) is 19.9 Å². The predicted molar refractivity (Wildman–Crippen MR) is 50.8 cm³/mol. The SMILES string of the molecule is CCN[C-]=O.CN[C-]=O.O=[C-]O.O=[C-]O.[W]. The van der Waals surface area contributed by atoms with E-state index in [1.54, 1.807) is 0 Å². The van der Waals surface area contributed by atoms with Crippen LogP contribution in [0.25, 0.3) is 0 Å². The van der Waals surface area contributed by atoms with Gasteiger partial charge in [-0.05, 0) is 13.6 Å². The van der Waals surface area contributed by atoms with Crippen LogP contribution in [0.15, 0.2) is 0 Å². The predicted octanol–water partition coefficient (Wildman–Crippen LogP) is -1.84. The maximum absolute atomic E-state index is 9.17. The maximum atomic E-state index is 9.17. The summed E-state index contributed by atoms with van der Waals surface area (Å²) in [6.07, 6.45) is 2.95. The molecule has 9 heteroatoms. The van der Waals surface area contributed by atoms with E-state index in [4.69, 9.17) is 29.4 Å². The fraction of sp³-hybridized carbons (Fsp3) is 0.429. The largest absolute Gasteiger partial charge is 0.665 e. The monoisotopic (exact) mass is 404 g/mol. The van der Waals surface area contributed by atoms with Crippen molar-refractivity contribution < 1.29 is 50.5 Å². The number of hydrogen-bond acceptors (Lipinski definition) is 4. The molecule has 0 bridgehead atoms. The Balaban J connectivity index is -0.0000000338. The zero-order valence-corrected chi connectivity index (χ0v) is 11.6. The molecular formula is C7H12N2O6W-4. The Kier molecular flexibility index (Phi) is 127. The normalized spacial score (nSPS) is 4.88. The molecule has 96 valence electrons. The molecule has 4 N–H and O–H groups in total. The smallest absolute Gasteiger partial charge is 0 e. The van der Waals surface area contributed by atoms with E-state index in [-0.39, 0.29) is 21.1 Å². The third-order valence-electron chi connectivity index (χ3n) is 0.351. The van der Waals surface area contributed by atoms with Gasteiger partial charge < -0.3 is 40.0 Å². The summed E-state index contributed by atoms with van der Waals surface area (Å²) in [5, 5.41) is 18.0. The zero-order valence-electron chi connectivity index (χ0n) is 8.64. The van der Waals surface area contributed by atoms with Crippen LogP contribution in [0.5, 0.6) is 0 Å². The molecule has 0 spiro atoms. The molecule has 0 fully saturated rings. The summed E-state index contributed by atoms with van der Waals surface area (Å²) in [4.78, 5) is 34.6. The first-order chi connectivity index (χ1) is 7.16. The van der Waals surface area contributed by atoms with E-state index >= 15 is 0 Å². The van der Waals surface area contributed by atoms with Crippen LogP contribution in [-0.4, -0.2) is 49.6 Å². The van der Waals surface area contributed by atoms with Gasteiger partial charge in [-0.3, -0.25) is 0 Å². The Hall–Kier alpha value is -1.43. The molecule has 0 saturated carbocycles. The van der Waals surface area contributed by atoms with Crippen LogP contribution in [0.3, 0.4) is 0 Å². The van der Waals surface area contributed by atoms with Crippen LogP contribution >= 0.6 is 0 Å². The van der Waals surface area contributed by atoms with Crippen molar-refractivity contribution in [3.8, 4) is 0 Å². The quantitative estimate of drug-likeness (QED) is 0.323.